The number of rotatable bonds is 1. The van der Waals surface area contributed by atoms with Gasteiger partial charge in [0.2, 0.25) is 11.8 Å². The minimum Gasteiger partial charge on any atom is -0.274 e. The summed E-state index contributed by atoms with van der Waals surface area (Å²) in [5.41, 5.74) is 0. The number of carbonyl (C=O) groups excluding carboxylic acids is 2. The van der Waals surface area contributed by atoms with Crippen LogP contribution in [0.3, 0.4) is 0 Å². The molecular weight excluding hydrogens is 190 g/mol. The fourth-order valence-electron chi connectivity index (χ4n) is 1.97. The number of likely N-dealkylation sites (tertiary alicyclic amines) is 1. The van der Waals surface area contributed by atoms with E-state index >= 15 is 0 Å². The van der Waals surface area contributed by atoms with Crippen molar-refractivity contribution in [2.24, 2.45) is 11.8 Å². The van der Waals surface area contributed by atoms with Gasteiger partial charge in [0.1, 0.15) is 0 Å². The number of hydrogen-bond donors (Lipinski definition) is 0. The molecule has 0 aromatic carbocycles. The molecule has 76 valence electrons. The van der Waals surface area contributed by atoms with E-state index in [1.165, 1.54) is 4.90 Å². The van der Waals surface area contributed by atoms with Gasteiger partial charge in [0.15, 0.2) is 0 Å². The van der Waals surface area contributed by atoms with Gasteiger partial charge in [-0.3, -0.25) is 14.5 Å². The minimum absolute atomic E-state index is 0.184. The van der Waals surface area contributed by atoms with Crippen LogP contribution in [0.15, 0.2) is 24.3 Å². The van der Waals surface area contributed by atoms with Gasteiger partial charge in [0.05, 0.1) is 17.9 Å². The number of amides is 2. The molecule has 3 unspecified atom stereocenters. The number of terminal acetylenes is 1. The average Bonchev–Trinajstić information content (AvgIpc) is 2.52. The Balaban J connectivity index is 2.35. The highest BCUT2D eigenvalue weighted by molar-refractivity contribution is 6.07. The lowest BCUT2D eigenvalue weighted by Gasteiger charge is -2.17. The number of carbonyl (C=O) groups is 2. The maximum absolute atomic E-state index is 11.9. The van der Waals surface area contributed by atoms with Crippen LogP contribution < -0.4 is 0 Å². The SMILES string of the molecule is C#CC(C)N1C(=O)C2C=CC=CC2C1=O. The topological polar surface area (TPSA) is 37.4 Å². The zero-order chi connectivity index (χ0) is 11.0. The molecule has 3 heteroatoms. The van der Waals surface area contributed by atoms with Crippen LogP contribution in [0, 0.1) is 24.2 Å². The van der Waals surface area contributed by atoms with Crippen molar-refractivity contribution in [2.75, 3.05) is 0 Å². The molecule has 0 spiro atoms. The van der Waals surface area contributed by atoms with E-state index in [1.807, 2.05) is 0 Å². The number of fused-ring (bicyclic) bond motifs is 1. The molecule has 1 aliphatic carbocycles. The highest BCUT2D eigenvalue weighted by atomic mass is 16.2. The summed E-state index contributed by atoms with van der Waals surface area (Å²) in [4.78, 5) is 24.9. The van der Waals surface area contributed by atoms with E-state index in [1.54, 1.807) is 31.2 Å². The summed E-state index contributed by atoms with van der Waals surface area (Å²) in [7, 11) is 0. The first kappa shape index (κ1) is 9.72. The molecule has 0 aromatic heterocycles. The predicted octanol–water partition coefficient (Wildman–Crippen LogP) is 0.735. The largest absolute Gasteiger partial charge is 0.274 e. The number of hydrogen-bond acceptors (Lipinski definition) is 2. The van der Waals surface area contributed by atoms with E-state index in [9.17, 15) is 9.59 Å². The molecule has 0 N–H and O–H groups in total. The van der Waals surface area contributed by atoms with Gasteiger partial charge < -0.3 is 0 Å². The Hall–Kier alpha value is -1.82. The standard InChI is InChI=1S/C12H11NO2/c1-3-8(2)13-11(14)9-6-4-5-7-10(9)12(13)15/h1,4-10H,2H3. The third-order valence-corrected chi connectivity index (χ3v) is 2.81. The zero-order valence-corrected chi connectivity index (χ0v) is 8.38. The first-order valence-electron chi connectivity index (χ1n) is 4.85. The van der Waals surface area contributed by atoms with Crippen LogP contribution >= 0.6 is 0 Å². The van der Waals surface area contributed by atoms with Gasteiger partial charge in [0.25, 0.3) is 0 Å². The van der Waals surface area contributed by atoms with E-state index in [0.29, 0.717) is 0 Å². The normalized spacial score (nSPS) is 30.3. The van der Waals surface area contributed by atoms with Crippen molar-refractivity contribution in [1.29, 1.82) is 0 Å². The zero-order valence-electron chi connectivity index (χ0n) is 8.38. The number of nitrogens with zero attached hydrogens (tertiary/aromatic N) is 1. The van der Waals surface area contributed by atoms with Crippen molar-refractivity contribution in [3.63, 3.8) is 0 Å². The van der Waals surface area contributed by atoms with Gasteiger partial charge >= 0.3 is 0 Å². The lowest BCUT2D eigenvalue weighted by Crippen LogP contribution is -2.37. The van der Waals surface area contributed by atoms with Crippen LogP contribution in [0.4, 0.5) is 0 Å². The maximum Gasteiger partial charge on any atom is 0.238 e. The first-order chi connectivity index (χ1) is 7.16. The van der Waals surface area contributed by atoms with E-state index < -0.39 is 6.04 Å². The van der Waals surface area contributed by atoms with E-state index in [4.69, 9.17) is 6.42 Å². The quantitative estimate of drug-likeness (QED) is 0.463. The highest BCUT2D eigenvalue weighted by Gasteiger charge is 2.46. The van der Waals surface area contributed by atoms with Crippen molar-refractivity contribution >= 4 is 11.8 Å². The van der Waals surface area contributed by atoms with Crippen molar-refractivity contribution in [3.8, 4) is 12.3 Å². The fraction of sp³-hybridized carbons (Fsp3) is 0.333. The van der Waals surface area contributed by atoms with Crippen LogP contribution in [-0.2, 0) is 9.59 Å². The summed E-state index contributed by atoms with van der Waals surface area (Å²) in [6.07, 6.45) is 12.3. The molecule has 1 heterocycles. The molecule has 0 aromatic rings. The maximum atomic E-state index is 11.9. The van der Waals surface area contributed by atoms with E-state index in [0.717, 1.165) is 0 Å². The summed E-state index contributed by atoms with van der Waals surface area (Å²) in [5.74, 6) is 1.35. The van der Waals surface area contributed by atoms with Crippen molar-refractivity contribution in [3.05, 3.63) is 24.3 Å². The summed E-state index contributed by atoms with van der Waals surface area (Å²) in [6.45, 7) is 1.68. The Morgan fingerprint density at radius 3 is 2.13 bits per heavy atom. The monoisotopic (exact) mass is 201 g/mol. The average molecular weight is 201 g/mol. The van der Waals surface area contributed by atoms with E-state index in [-0.39, 0.29) is 23.7 Å². The molecule has 0 saturated carbocycles. The second-order valence-electron chi connectivity index (χ2n) is 3.71. The summed E-state index contributed by atoms with van der Waals surface area (Å²) >= 11 is 0. The van der Waals surface area contributed by atoms with Crippen LogP contribution in [-0.4, -0.2) is 22.8 Å². The molecule has 0 radical (unpaired) electrons. The molecule has 1 aliphatic heterocycles. The van der Waals surface area contributed by atoms with Gasteiger partial charge in [-0.1, -0.05) is 30.2 Å². The van der Waals surface area contributed by atoms with Crippen LogP contribution in [0.1, 0.15) is 6.92 Å². The van der Waals surface area contributed by atoms with Crippen molar-refractivity contribution < 1.29 is 9.59 Å². The first-order valence-corrected chi connectivity index (χ1v) is 4.85. The molecule has 2 amide bonds. The molecule has 0 bridgehead atoms. The number of imide groups is 1. The van der Waals surface area contributed by atoms with Gasteiger partial charge in [0, 0.05) is 0 Å². The summed E-state index contributed by atoms with van der Waals surface area (Å²) < 4.78 is 0. The van der Waals surface area contributed by atoms with Crippen LogP contribution in [0.25, 0.3) is 0 Å². The molecule has 1 fully saturated rings. The van der Waals surface area contributed by atoms with Crippen LogP contribution in [0.2, 0.25) is 0 Å². The van der Waals surface area contributed by atoms with Gasteiger partial charge in [-0.15, -0.1) is 6.42 Å². The van der Waals surface area contributed by atoms with E-state index in [2.05, 4.69) is 5.92 Å². The molecule has 2 rings (SSSR count). The smallest absolute Gasteiger partial charge is 0.238 e. The third kappa shape index (κ3) is 1.30. The molecule has 3 atom stereocenters. The second kappa shape index (κ2) is 3.39. The number of allylic oxidation sites excluding steroid dienone is 2. The van der Waals surface area contributed by atoms with Gasteiger partial charge in [-0.25, -0.2) is 0 Å². The summed E-state index contributed by atoms with van der Waals surface area (Å²) in [6, 6.07) is -0.461. The Morgan fingerprint density at radius 2 is 1.73 bits per heavy atom. The lowest BCUT2D eigenvalue weighted by atomic mass is 9.91. The summed E-state index contributed by atoms with van der Waals surface area (Å²) in [5, 5.41) is 0. The van der Waals surface area contributed by atoms with Crippen LogP contribution in [0.5, 0.6) is 0 Å². The Kier molecular flexibility index (Phi) is 2.20. The molecular formula is C12H11NO2. The molecule has 15 heavy (non-hydrogen) atoms. The fourth-order valence-corrected chi connectivity index (χ4v) is 1.97. The highest BCUT2D eigenvalue weighted by Crippen LogP contribution is 2.31. The Labute approximate surface area is 88.4 Å². The molecule has 2 aliphatic rings. The Bertz CT molecular complexity index is 384. The molecule has 1 saturated heterocycles. The predicted molar refractivity (Wildman–Crippen MR) is 55.4 cm³/mol. The second-order valence-corrected chi connectivity index (χ2v) is 3.71. The third-order valence-electron chi connectivity index (χ3n) is 2.81. The minimum atomic E-state index is -0.461. The van der Waals surface area contributed by atoms with Gasteiger partial charge in [-0.05, 0) is 6.92 Å². The lowest BCUT2D eigenvalue weighted by molar-refractivity contribution is -0.140. The Morgan fingerprint density at radius 1 is 1.27 bits per heavy atom. The van der Waals surface area contributed by atoms with Gasteiger partial charge in [-0.2, -0.15) is 0 Å². The molecule has 3 nitrogen and oxygen atoms in total. The van der Waals surface area contributed by atoms with Crippen molar-refractivity contribution in [1.82, 2.24) is 4.90 Å². The van der Waals surface area contributed by atoms with Crippen molar-refractivity contribution in [2.45, 2.75) is 13.0 Å².